The number of nitrogens with one attached hydrogen (secondary N) is 1. The third kappa shape index (κ3) is 6.09. The van der Waals surface area contributed by atoms with Crippen LogP contribution in [0.15, 0.2) is 36.5 Å². The number of anilines is 2. The Hall–Kier alpha value is -2.32. The zero-order valence-electron chi connectivity index (χ0n) is 16.3. The average Bonchev–Trinajstić information content (AvgIpc) is 2.71. The van der Waals surface area contributed by atoms with Gasteiger partial charge in [-0.05, 0) is 36.2 Å². The zero-order valence-corrected chi connectivity index (χ0v) is 17.8. The molecule has 1 heterocycles. The number of aromatic nitrogens is 1. The summed E-state index contributed by atoms with van der Waals surface area (Å²) in [5.74, 6) is -1.77. The predicted octanol–water partition coefficient (Wildman–Crippen LogP) is 5.62. The van der Waals surface area contributed by atoms with Crippen LogP contribution in [0, 0.1) is 5.92 Å². The van der Waals surface area contributed by atoms with Crippen LogP contribution in [0.4, 0.5) is 24.5 Å². The van der Waals surface area contributed by atoms with E-state index in [1.54, 1.807) is 0 Å². The normalized spacial score (nSPS) is 12.4. The Kier molecular flexibility index (Phi) is 8.09. The molecule has 0 saturated heterocycles. The smallest absolute Gasteiger partial charge is 0.319 e. The van der Waals surface area contributed by atoms with Gasteiger partial charge in [0.1, 0.15) is 5.88 Å². The highest BCUT2D eigenvalue weighted by Crippen LogP contribution is 2.34. The summed E-state index contributed by atoms with van der Waals surface area (Å²) in [5.41, 5.74) is -1.25. The first-order valence-electron chi connectivity index (χ1n) is 9.07. The Morgan fingerprint density at radius 1 is 1.27 bits per heavy atom. The van der Waals surface area contributed by atoms with Crippen molar-refractivity contribution in [3.63, 3.8) is 0 Å². The molecule has 2 rings (SSSR count). The van der Waals surface area contributed by atoms with Crippen molar-refractivity contribution in [3.05, 3.63) is 52.8 Å². The van der Waals surface area contributed by atoms with E-state index in [9.17, 15) is 22.8 Å². The van der Waals surface area contributed by atoms with Gasteiger partial charge in [0, 0.05) is 24.0 Å². The van der Waals surface area contributed by atoms with Crippen LogP contribution >= 0.6 is 23.2 Å². The Labute approximate surface area is 182 Å². The van der Waals surface area contributed by atoms with Crippen LogP contribution in [-0.2, 0) is 11.0 Å². The lowest BCUT2D eigenvalue weighted by molar-refractivity contribution is -0.137. The van der Waals surface area contributed by atoms with E-state index >= 15 is 0 Å². The van der Waals surface area contributed by atoms with Gasteiger partial charge in [0.2, 0.25) is 5.91 Å². The van der Waals surface area contributed by atoms with Gasteiger partial charge in [0.15, 0.2) is 5.15 Å². The van der Waals surface area contributed by atoms with Gasteiger partial charge in [0.25, 0.3) is 5.91 Å². The summed E-state index contributed by atoms with van der Waals surface area (Å²) >= 11 is 11.6. The van der Waals surface area contributed by atoms with Gasteiger partial charge >= 0.3 is 6.18 Å². The second-order valence-electron chi connectivity index (χ2n) is 6.71. The Morgan fingerprint density at radius 3 is 2.53 bits per heavy atom. The van der Waals surface area contributed by atoms with E-state index in [0.717, 1.165) is 12.1 Å². The molecule has 0 fully saturated rings. The molecule has 1 N–H and O–H groups in total. The minimum absolute atomic E-state index is 0.00577. The lowest BCUT2D eigenvalue weighted by Crippen LogP contribution is -2.36. The summed E-state index contributed by atoms with van der Waals surface area (Å²) in [5, 5.41) is 2.43. The van der Waals surface area contributed by atoms with Crippen molar-refractivity contribution in [2.45, 2.75) is 26.4 Å². The molecular formula is C20H20Cl2F3N3O2. The molecule has 162 valence electrons. The third-order valence-corrected chi connectivity index (χ3v) is 4.96. The Morgan fingerprint density at radius 2 is 1.97 bits per heavy atom. The summed E-state index contributed by atoms with van der Waals surface area (Å²) in [6.45, 7) is 3.93. The largest absolute Gasteiger partial charge is 0.416 e. The molecule has 2 aromatic rings. The van der Waals surface area contributed by atoms with E-state index in [2.05, 4.69) is 10.3 Å². The van der Waals surface area contributed by atoms with E-state index in [1.807, 2.05) is 13.8 Å². The maximum Gasteiger partial charge on any atom is 0.416 e. The average molecular weight is 462 g/mol. The van der Waals surface area contributed by atoms with Gasteiger partial charge < -0.3 is 10.2 Å². The molecule has 2 amide bonds. The highest BCUT2D eigenvalue weighted by atomic mass is 35.5. The van der Waals surface area contributed by atoms with E-state index in [-0.39, 0.29) is 34.6 Å². The molecule has 1 unspecified atom stereocenters. The van der Waals surface area contributed by atoms with Gasteiger partial charge in [-0.3, -0.25) is 9.59 Å². The van der Waals surface area contributed by atoms with Crippen LogP contribution in [0.3, 0.4) is 0 Å². The van der Waals surface area contributed by atoms with Gasteiger partial charge in [-0.1, -0.05) is 31.9 Å². The maximum absolute atomic E-state index is 13.5. The number of carbonyl (C=O) groups is 2. The minimum atomic E-state index is -4.72. The fourth-order valence-corrected chi connectivity index (χ4v) is 2.91. The number of hydrogen-bond donors (Lipinski definition) is 1. The van der Waals surface area contributed by atoms with Crippen molar-refractivity contribution in [2.24, 2.45) is 5.92 Å². The van der Waals surface area contributed by atoms with Crippen molar-refractivity contribution >= 4 is 46.4 Å². The zero-order chi connectivity index (χ0) is 22.5. The first-order chi connectivity index (χ1) is 14.1. The summed E-state index contributed by atoms with van der Waals surface area (Å²) in [7, 11) is 0. The summed E-state index contributed by atoms with van der Waals surface area (Å²) in [6.07, 6.45) is -2.61. The number of rotatable bonds is 7. The number of pyridine rings is 1. The predicted molar refractivity (Wildman–Crippen MR) is 111 cm³/mol. The molecule has 1 atom stereocenters. The van der Waals surface area contributed by atoms with Crippen LogP contribution in [0.25, 0.3) is 0 Å². The lowest BCUT2D eigenvalue weighted by atomic mass is 10.0. The fraction of sp³-hybridized carbons (Fsp3) is 0.350. The quantitative estimate of drug-likeness (QED) is 0.429. The van der Waals surface area contributed by atoms with Crippen molar-refractivity contribution < 1.29 is 22.8 Å². The van der Waals surface area contributed by atoms with Gasteiger partial charge in [-0.25, -0.2) is 4.98 Å². The number of hydrogen-bond acceptors (Lipinski definition) is 3. The molecule has 30 heavy (non-hydrogen) atoms. The topological polar surface area (TPSA) is 62.3 Å². The first-order valence-corrected chi connectivity index (χ1v) is 9.98. The van der Waals surface area contributed by atoms with Crippen LogP contribution < -0.4 is 10.2 Å². The molecular weight excluding hydrogens is 442 g/mol. The van der Waals surface area contributed by atoms with E-state index < -0.39 is 29.4 Å². The van der Waals surface area contributed by atoms with E-state index in [1.165, 1.54) is 29.3 Å². The number of alkyl halides is 4. The first kappa shape index (κ1) is 24.0. The number of nitrogens with zero attached hydrogens (tertiary/aromatic N) is 2. The molecule has 0 aliphatic heterocycles. The molecule has 0 aliphatic carbocycles. The van der Waals surface area contributed by atoms with E-state index in [4.69, 9.17) is 23.2 Å². The molecule has 0 aliphatic rings. The second-order valence-corrected chi connectivity index (χ2v) is 7.34. The number of benzene rings is 1. The molecule has 10 heteroatoms. The van der Waals surface area contributed by atoms with Gasteiger partial charge in [-0.15, -0.1) is 11.6 Å². The Balaban J connectivity index is 2.51. The summed E-state index contributed by atoms with van der Waals surface area (Å²) in [4.78, 5) is 30.0. The molecule has 1 aromatic carbocycles. The third-order valence-electron chi connectivity index (χ3n) is 4.43. The summed E-state index contributed by atoms with van der Waals surface area (Å²) < 4.78 is 40.5. The summed E-state index contributed by atoms with van der Waals surface area (Å²) in [6, 6.07) is 5.76. The standard InChI is InChI=1S/C20H20Cl2F3N3O2/c1-3-12(2)11-28(17(29)10-21)15-8-13(7-14(9-15)20(23,24)25)19(30)27-16-5-4-6-26-18(16)22/h4-9,12H,3,10-11H2,1-2H3,(H,27,30). The molecule has 0 saturated carbocycles. The van der Waals surface area contributed by atoms with Crippen molar-refractivity contribution in [1.29, 1.82) is 0 Å². The highest BCUT2D eigenvalue weighted by molar-refractivity contribution is 6.32. The number of amides is 2. The second kappa shape index (κ2) is 10.1. The van der Waals surface area contributed by atoms with E-state index in [0.29, 0.717) is 6.42 Å². The van der Waals surface area contributed by atoms with Crippen molar-refractivity contribution in [3.8, 4) is 0 Å². The van der Waals surface area contributed by atoms with Crippen LogP contribution in [0.5, 0.6) is 0 Å². The fourth-order valence-electron chi connectivity index (χ4n) is 2.60. The minimum Gasteiger partial charge on any atom is -0.319 e. The van der Waals surface area contributed by atoms with Crippen molar-refractivity contribution in [1.82, 2.24) is 4.98 Å². The lowest BCUT2D eigenvalue weighted by Gasteiger charge is -2.26. The van der Waals surface area contributed by atoms with Crippen LogP contribution in [0.1, 0.15) is 36.2 Å². The molecule has 0 spiro atoms. The van der Waals surface area contributed by atoms with Crippen molar-refractivity contribution in [2.75, 3.05) is 22.6 Å². The van der Waals surface area contributed by atoms with Gasteiger partial charge in [0.05, 0.1) is 11.3 Å². The monoisotopic (exact) mass is 461 g/mol. The molecule has 0 bridgehead atoms. The maximum atomic E-state index is 13.5. The SMILES string of the molecule is CCC(C)CN(C(=O)CCl)c1cc(C(=O)Nc2cccnc2Cl)cc(C(F)(F)F)c1. The molecule has 0 radical (unpaired) electrons. The molecule has 5 nitrogen and oxygen atoms in total. The van der Waals surface area contributed by atoms with Gasteiger partial charge in [-0.2, -0.15) is 13.2 Å². The van der Waals surface area contributed by atoms with Crippen LogP contribution in [-0.4, -0.2) is 29.2 Å². The highest BCUT2D eigenvalue weighted by Gasteiger charge is 2.33. The molecule has 1 aromatic heterocycles. The number of carbonyl (C=O) groups excluding carboxylic acids is 2. The number of halogens is 5. The Bertz CT molecular complexity index is 922. The van der Waals surface area contributed by atoms with Crippen LogP contribution in [0.2, 0.25) is 5.15 Å².